The maximum absolute atomic E-state index is 3.66. The molecule has 2 aliphatic rings. The molecule has 0 amide bonds. The molecule has 0 bridgehead atoms. The highest BCUT2D eigenvalue weighted by Gasteiger charge is 2.28. The van der Waals surface area contributed by atoms with Crippen LogP contribution in [0, 0.1) is 5.41 Å². The summed E-state index contributed by atoms with van der Waals surface area (Å²) in [6.07, 6.45) is 4.17. The van der Waals surface area contributed by atoms with Crippen molar-refractivity contribution in [2.75, 3.05) is 31.6 Å². The van der Waals surface area contributed by atoms with E-state index >= 15 is 0 Å². The van der Waals surface area contributed by atoms with Crippen molar-refractivity contribution in [3.63, 3.8) is 0 Å². The van der Waals surface area contributed by atoms with E-state index in [-0.39, 0.29) is 0 Å². The molecule has 16 heavy (non-hydrogen) atoms. The Morgan fingerprint density at radius 1 is 1.31 bits per heavy atom. The van der Waals surface area contributed by atoms with Crippen molar-refractivity contribution < 1.29 is 0 Å². The van der Waals surface area contributed by atoms with E-state index in [0.29, 0.717) is 5.41 Å². The summed E-state index contributed by atoms with van der Waals surface area (Å²) in [5.41, 5.74) is 0.407. The van der Waals surface area contributed by atoms with E-state index in [1.165, 1.54) is 43.9 Å². The minimum absolute atomic E-state index is 0.407. The molecule has 1 aliphatic carbocycles. The highest BCUT2D eigenvalue weighted by atomic mass is 32.2. The number of hydrogen-bond acceptors (Lipinski definition) is 3. The molecule has 0 radical (unpaired) electrons. The topological polar surface area (TPSA) is 15.3 Å². The second-order valence-corrected chi connectivity index (χ2v) is 7.40. The SMILES string of the molecule is CN(CC(C)(C)CNC1CC1)C1CCSC1. The molecule has 2 rings (SSSR count). The molecular weight excluding hydrogens is 216 g/mol. The van der Waals surface area contributed by atoms with E-state index < -0.39 is 0 Å². The van der Waals surface area contributed by atoms with Crippen LogP contribution in [-0.2, 0) is 0 Å². The van der Waals surface area contributed by atoms with Crippen molar-refractivity contribution in [1.82, 2.24) is 10.2 Å². The fourth-order valence-electron chi connectivity index (χ4n) is 2.44. The highest BCUT2D eigenvalue weighted by Crippen LogP contribution is 2.26. The van der Waals surface area contributed by atoms with Crippen LogP contribution in [0.3, 0.4) is 0 Å². The van der Waals surface area contributed by atoms with Crippen LogP contribution in [0.2, 0.25) is 0 Å². The van der Waals surface area contributed by atoms with Crippen LogP contribution in [0.1, 0.15) is 33.1 Å². The van der Waals surface area contributed by atoms with Crippen LogP contribution in [0.15, 0.2) is 0 Å². The number of hydrogen-bond donors (Lipinski definition) is 1. The third kappa shape index (κ3) is 3.94. The summed E-state index contributed by atoms with van der Waals surface area (Å²) in [6.45, 7) is 7.17. The molecular formula is C13H26N2S. The summed E-state index contributed by atoms with van der Waals surface area (Å²) in [5.74, 6) is 2.69. The predicted octanol–water partition coefficient (Wildman–Crippen LogP) is 2.20. The lowest BCUT2D eigenvalue weighted by Crippen LogP contribution is -2.43. The van der Waals surface area contributed by atoms with Crippen LogP contribution >= 0.6 is 11.8 Å². The Morgan fingerprint density at radius 3 is 2.62 bits per heavy atom. The first-order chi connectivity index (χ1) is 7.57. The molecule has 1 aliphatic heterocycles. The summed E-state index contributed by atoms with van der Waals surface area (Å²) < 4.78 is 0. The molecule has 0 aromatic carbocycles. The first kappa shape index (κ1) is 12.7. The van der Waals surface area contributed by atoms with Gasteiger partial charge >= 0.3 is 0 Å². The molecule has 94 valence electrons. The molecule has 3 heteroatoms. The molecule has 1 saturated carbocycles. The molecule has 0 aromatic heterocycles. The minimum Gasteiger partial charge on any atom is -0.313 e. The molecule has 0 spiro atoms. The van der Waals surface area contributed by atoms with Gasteiger partial charge < -0.3 is 10.2 Å². The van der Waals surface area contributed by atoms with E-state index in [1.807, 2.05) is 0 Å². The smallest absolute Gasteiger partial charge is 0.0191 e. The fraction of sp³-hybridized carbons (Fsp3) is 1.00. The van der Waals surface area contributed by atoms with E-state index in [9.17, 15) is 0 Å². The Kier molecular flexibility index (Phi) is 4.20. The van der Waals surface area contributed by atoms with Gasteiger partial charge in [0.1, 0.15) is 0 Å². The second kappa shape index (κ2) is 5.28. The standard InChI is InChI=1S/C13H26N2S/c1-13(2,9-14-11-4-5-11)10-15(3)12-6-7-16-8-12/h11-12,14H,4-10H2,1-3H3. The maximum atomic E-state index is 3.66. The second-order valence-electron chi connectivity index (χ2n) is 6.25. The van der Waals surface area contributed by atoms with E-state index in [0.717, 1.165) is 12.1 Å². The Labute approximate surface area is 105 Å². The lowest BCUT2D eigenvalue weighted by atomic mass is 9.92. The summed E-state index contributed by atoms with van der Waals surface area (Å²) >= 11 is 2.11. The molecule has 1 unspecified atom stereocenters. The Balaban J connectivity index is 1.71. The van der Waals surface area contributed by atoms with Crippen LogP contribution in [0.4, 0.5) is 0 Å². The lowest BCUT2D eigenvalue weighted by Gasteiger charge is -2.33. The number of nitrogens with zero attached hydrogens (tertiary/aromatic N) is 1. The number of rotatable bonds is 6. The summed E-state index contributed by atoms with van der Waals surface area (Å²) in [4.78, 5) is 2.58. The normalized spacial score (nSPS) is 26.6. The quantitative estimate of drug-likeness (QED) is 0.769. The van der Waals surface area contributed by atoms with Crippen molar-refractivity contribution in [2.24, 2.45) is 5.41 Å². The van der Waals surface area contributed by atoms with Crippen molar-refractivity contribution in [3.8, 4) is 0 Å². The molecule has 1 N–H and O–H groups in total. The van der Waals surface area contributed by atoms with Gasteiger partial charge in [0.2, 0.25) is 0 Å². The average molecular weight is 242 g/mol. The third-order valence-electron chi connectivity index (χ3n) is 3.65. The first-order valence-corrected chi connectivity index (χ1v) is 7.74. The molecule has 1 atom stereocenters. The zero-order chi connectivity index (χ0) is 11.6. The van der Waals surface area contributed by atoms with Crippen LogP contribution < -0.4 is 5.32 Å². The summed E-state index contributed by atoms with van der Waals surface area (Å²) in [5, 5.41) is 3.66. The van der Waals surface area contributed by atoms with Crippen molar-refractivity contribution in [2.45, 2.75) is 45.2 Å². The maximum Gasteiger partial charge on any atom is 0.0191 e. The Morgan fingerprint density at radius 2 is 2.06 bits per heavy atom. The van der Waals surface area contributed by atoms with E-state index in [2.05, 4.69) is 42.9 Å². The van der Waals surface area contributed by atoms with Gasteiger partial charge in [0.05, 0.1) is 0 Å². The molecule has 1 saturated heterocycles. The Hall–Kier alpha value is 0.270. The van der Waals surface area contributed by atoms with Crippen LogP contribution in [0.25, 0.3) is 0 Å². The summed E-state index contributed by atoms with van der Waals surface area (Å²) in [7, 11) is 2.30. The van der Waals surface area contributed by atoms with Gasteiger partial charge in [-0.2, -0.15) is 11.8 Å². The van der Waals surface area contributed by atoms with Gasteiger partial charge in [0.25, 0.3) is 0 Å². The lowest BCUT2D eigenvalue weighted by molar-refractivity contribution is 0.168. The largest absolute Gasteiger partial charge is 0.313 e. The van der Waals surface area contributed by atoms with Gasteiger partial charge in [0.15, 0.2) is 0 Å². The van der Waals surface area contributed by atoms with Gasteiger partial charge in [-0.3, -0.25) is 0 Å². The number of thioether (sulfide) groups is 1. The zero-order valence-corrected chi connectivity index (χ0v) is 11.8. The molecule has 0 aromatic rings. The van der Waals surface area contributed by atoms with Gasteiger partial charge in [-0.05, 0) is 37.5 Å². The minimum atomic E-state index is 0.407. The fourth-order valence-corrected chi connectivity index (χ4v) is 3.74. The first-order valence-electron chi connectivity index (χ1n) is 6.58. The van der Waals surface area contributed by atoms with Gasteiger partial charge in [0, 0.05) is 30.9 Å². The highest BCUT2D eigenvalue weighted by molar-refractivity contribution is 7.99. The Bertz CT molecular complexity index is 220. The molecule has 1 heterocycles. The molecule has 2 nitrogen and oxygen atoms in total. The monoisotopic (exact) mass is 242 g/mol. The zero-order valence-electron chi connectivity index (χ0n) is 11.0. The van der Waals surface area contributed by atoms with Crippen LogP contribution in [0.5, 0.6) is 0 Å². The van der Waals surface area contributed by atoms with Crippen molar-refractivity contribution in [1.29, 1.82) is 0 Å². The predicted molar refractivity (Wildman–Crippen MR) is 73.2 cm³/mol. The number of nitrogens with one attached hydrogen (secondary N) is 1. The summed E-state index contributed by atoms with van der Waals surface area (Å²) in [6, 6.07) is 1.66. The molecule has 2 fully saturated rings. The van der Waals surface area contributed by atoms with Gasteiger partial charge in [-0.15, -0.1) is 0 Å². The third-order valence-corrected chi connectivity index (χ3v) is 4.80. The van der Waals surface area contributed by atoms with Gasteiger partial charge in [-0.25, -0.2) is 0 Å². The average Bonchev–Trinajstić information content (AvgIpc) is 2.87. The van der Waals surface area contributed by atoms with Crippen molar-refractivity contribution >= 4 is 11.8 Å². The van der Waals surface area contributed by atoms with E-state index in [1.54, 1.807) is 0 Å². The van der Waals surface area contributed by atoms with Crippen LogP contribution in [-0.4, -0.2) is 48.6 Å². The van der Waals surface area contributed by atoms with Crippen molar-refractivity contribution in [3.05, 3.63) is 0 Å². The van der Waals surface area contributed by atoms with E-state index in [4.69, 9.17) is 0 Å². The van der Waals surface area contributed by atoms with Gasteiger partial charge in [-0.1, -0.05) is 13.8 Å².